The normalized spacial score (nSPS) is 11.7. The number of thioether (sulfide) groups is 1. The largest absolute Gasteiger partial charge is 0.326 e. The first kappa shape index (κ1) is 22.6. The van der Waals surface area contributed by atoms with Crippen LogP contribution in [0.2, 0.25) is 0 Å². The minimum Gasteiger partial charge on any atom is -0.326 e. The third-order valence-corrected chi connectivity index (χ3v) is 6.86. The summed E-state index contributed by atoms with van der Waals surface area (Å²) in [4.78, 5) is 3.96. The Morgan fingerprint density at radius 2 is 1.13 bits per heavy atom. The summed E-state index contributed by atoms with van der Waals surface area (Å²) < 4.78 is 23.5. The lowest BCUT2D eigenvalue weighted by Gasteiger charge is -2.23. The minimum absolute atomic E-state index is 0.350. The molecule has 0 aromatic heterocycles. The van der Waals surface area contributed by atoms with E-state index in [9.17, 15) is 8.42 Å². The van der Waals surface area contributed by atoms with Gasteiger partial charge in [-0.05, 0) is 52.8 Å². The number of benzene rings is 3. The average molecular weight is 441 g/mol. The van der Waals surface area contributed by atoms with E-state index in [2.05, 4.69) is 59.7 Å². The Hall–Kier alpha value is -2.12. The van der Waals surface area contributed by atoms with Crippen LogP contribution in [0.4, 0.5) is 0 Å². The molecule has 3 rings (SSSR count). The standard InChI is InChI=1S/C24H28N2O2S2/c1-29-23-11-7-21(8-12-23)17-26(16-20-5-3-19(15-25)4-6-20)18-22-9-13-24(14-10-22)30(2,27)28/h3-14H,15-18,25H2,1-2H3. The molecule has 0 heterocycles. The molecule has 0 bridgehead atoms. The van der Waals surface area contributed by atoms with Gasteiger partial charge in [-0.3, -0.25) is 4.90 Å². The molecule has 30 heavy (non-hydrogen) atoms. The number of sulfone groups is 1. The molecule has 3 aromatic carbocycles. The fourth-order valence-corrected chi connectivity index (χ4v) is 4.33. The van der Waals surface area contributed by atoms with Gasteiger partial charge in [0.25, 0.3) is 0 Å². The third kappa shape index (κ3) is 6.44. The SMILES string of the molecule is CSc1ccc(CN(Cc2ccc(CN)cc2)Cc2ccc(S(C)(=O)=O)cc2)cc1. The van der Waals surface area contributed by atoms with E-state index >= 15 is 0 Å². The highest BCUT2D eigenvalue weighted by atomic mass is 32.2. The molecule has 4 nitrogen and oxygen atoms in total. The molecule has 0 aliphatic carbocycles. The van der Waals surface area contributed by atoms with Crippen LogP contribution in [0.15, 0.2) is 82.6 Å². The summed E-state index contributed by atoms with van der Waals surface area (Å²) in [5.41, 5.74) is 10.4. The quantitative estimate of drug-likeness (QED) is 0.497. The van der Waals surface area contributed by atoms with Gasteiger partial charge in [0, 0.05) is 37.3 Å². The Balaban J connectivity index is 1.79. The molecule has 0 unspecified atom stereocenters. The van der Waals surface area contributed by atoms with Gasteiger partial charge in [0.05, 0.1) is 4.90 Å². The van der Waals surface area contributed by atoms with E-state index in [0.29, 0.717) is 11.4 Å². The van der Waals surface area contributed by atoms with Crippen molar-refractivity contribution in [3.05, 3.63) is 95.1 Å². The number of nitrogens with two attached hydrogens (primary N) is 1. The lowest BCUT2D eigenvalue weighted by molar-refractivity contribution is 0.247. The summed E-state index contributed by atoms with van der Waals surface area (Å²) in [6.07, 6.45) is 3.31. The van der Waals surface area contributed by atoms with Gasteiger partial charge in [0.2, 0.25) is 0 Å². The van der Waals surface area contributed by atoms with Crippen LogP contribution in [-0.4, -0.2) is 25.8 Å². The lowest BCUT2D eigenvalue weighted by atomic mass is 10.1. The lowest BCUT2D eigenvalue weighted by Crippen LogP contribution is -2.22. The fourth-order valence-electron chi connectivity index (χ4n) is 3.30. The Bertz CT molecular complexity index is 996. The first-order valence-electron chi connectivity index (χ1n) is 9.79. The molecule has 2 N–H and O–H groups in total. The van der Waals surface area contributed by atoms with Crippen LogP contribution in [-0.2, 0) is 36.0 Å². The molecule has 0 atom stereocenters. The molecule has 0 aliphatic rings. The van der Waals surface area contributed by atoms with Crippen LogP contribution >= 0.6 is 11.8 Å². The molecule has 0 saturated carbocycles. The van der Waals surface area contributed by atoms with E-state index in [1.807, 2.05) is 12.1 Å². The second-order valence-electron chi connectivity index (χ2n) is 7.43. The number of hydrogen-bond acceptors (Lipinski definition) is 5. The maximum atomic E-state index is 11.7. The molecule has 0 spiro atoms. The molecular weight excluding hydrogens is 412 g/mol. The van der Waals surface area contributed by atoms with Crippen LogP contribution in [0, 0.1) is 0 Å². The predicted octanol–water partition coefficient (Wildman–Crippen LogP) is 4.47. The first-order valence-corrected chi connectivity index (χ1v) is 12.9. The molecular formula is C24H28N2O2S2. The van der Waals surface area contributed by atoms with Crippen LogP contribution in [0.5, 0.6) is 0 Å². The monoisotopic (exact) mass is 440 g/mol. The highest BCUT2D eigenvalue weighted by Crippen LogP contribution is 2.19. The maximum absolute atomic E-state index is 11.7. The van der Waals surface area contributed by atoms with Gasteiger partial charge < -0.3 is 5.73 Å². The van der Waals surface area contributed by atoms with Crippen molar-refractivity contribution in [1.29, 1.82) is 0 Å². The van der Waals surface area contributed by atoms with Crippen molar-refractivity contribution in [2.24, 2.45) is 5.73 Å². The molecule has 158 valence electrons. The molecule has 0 fully saturated rings. The Kier molecular flexibility index (Phi) is 7.72. The zero-order chi connectivity index (χ0) is 21.6. The van der Waals surface area contributed by atoms with Crippen LogP contribution in [0.25, 0.3) is 0 Å². The van der Waals surface area contributed by atoms with E-state index in [4.69, 9.17) is 5.73 Å². The van der Waals surface area contributed by atoms with Gasteiger partial charge in [-0.15, -0.1) is 11.8 Å². The van der Waals surface area contributed by atoms with Gasteiger partial charge in [-0.1, -0.05) is 48.5 Å². The summed E-state index contributed by atoms with van der Waals surface area (Å²) in [5.74, 6) is 0. The second kappa shape index (κ2) is 10.3. The molecule has 0 amide bonds. The zero-order valence-electron chi connectivity index (χ0n) is 17.4. The zero-order valence-corrected chi connectivity index (χ0v) is 19.0. The maximum Gasteiger partial charge on any atom is 0.175 e. The number of hydrogen-bond donors (Lipinski definition) is 1. The summed E-state index contributed by atoms with van der Waals surface area (Å²) in [5, 5.41) is 0. The van der Waals surface area contributed by atoms with Crippen LogP contribution in [0.1, 0.15) is 22.3 Å². The molecule has 0 aliphatic heterocycles. The van der Waals surface area contributed by atoms with Crippen molar-refractivity contribution in [2.75, 3.05) is 12.5 Å². The van der Waals surface area contributed by atoms with Crippen molar-refractivity contribution in [2.45, 2.75) is 36.0 Å². The van der Waals surface area contributed by atoms with E-state index in [0.717, 1.165) is 30.8 Å². The molecule has 0 saturated heterocycles. The van der Waals surface area contributed by atoms with Gasteiger partial charge in [0.15, 0.2) is 9.84 Å². The molecule has 3 aromatic rings. The Morgan fingerprint density at radius 3 is 1.53 bits per heavy atom. The second-order valence-corrected chi connectivity index (χ2v) is 10.3. The van der Waals surface area contributed by atoms with Crippen molar-refractivity contribution in [3.63, 3.8) is 0 Å². The topological polar surface area (TPSA) is 63.4 Å². The third-order valence-electron chi connectivity index (χ3n) is 4.99. The minimum atomic E-state index is -3.18. The van der Waals surface area contributed by atoms with E-state index in [1.165, 1.54) is 22.3 Å². The smallest absolute Gasteiger partial charge is 0.175 e. The Morgan fingerprint density at radius 1 is 0.733 bits per heavy atom. The van der Waals surface area contributed by atoms with Gasteiger partial charge in [-0.2, -0.15) is 0 Å². The van der Waals surface area contributed by atoms with Crippen LogP contribution in [0.3, 0.4) is 0 Å². The summed E-state index contributed by atoms with van der Waals surface area (Å²) in [6, 6.07) is 24.2. The van der Waals surface area contributed by atoms with Gasteiger partial charge >= 0.3 is 0 Å². The van der Waals surface area contributed by atoms with Crippen molar-refractivity contribution < 1.29 is 8.42 Å². The number of nitrogens with zero attached hydrogens (tertiary/aromatic N) is 1. The fraction of sp³-hybridized carbons (Fsp3) is 0.250. The highest BCUT2D eigenvalue weighted by Gasteiger charge is 2.11. The van der Waals surface area contributed by atoms with E-state index in [1.54, 1.807) is 23.9 Å². The summed E-state index contributed by atoms with van der Waals surface area (Å²) in [7, 11) is -3.18. The average Bonchev–Trinajstić information content (AvgIpc) is 2.74. The first-order chi connectivity index (χ1) is 14.4. The Labute approximate surface area is 184 Å². The van der Waals surface area contributed by atoms with Crippen molar-refractivity contribution >= 4 is 21.6 Å². The number of rotatable bonds is 9. The summed E-state index contributed by atoms with van der Waals surface area (Å²) >= 11 is 1.74. The molecule has 6 heteroatoms. The van der Waals surface area contributed by atoms with Crippen molar-refractivity contribution in [3.8, 4) is 0 Å². The van der Waals surface area contributed by atoms with E-state index < -0.39 is 9.84 Å². The highest BCUT2D eigenvalue weighted by molar-refractivity contribution is 7.98. The van der Waals surface area contributed by atoms with E-state index in [-0.39, 0.29) is 0 Å². The van der Waals surface area contributed by atoms with Gasteiger partial charge in [-0.25, -0.2) is 8.42 Å². The van der Waals surface area contributed by atoms with Gasteiger partial charge in [0.1, 0.15) is 0 Å². The summed E-state index contributed by atoms with van der Waals surface area (Å²) in [6.45, 7) is 2.87. The van der Waals surface area contributed by atoms with Crippen LogP contribution < -0.4 is 5.73 Å². The van der Waals surface area contributed by atoms with Crippen molar-refractivity contribution in [1.82, 2.24) is 4.90 Å². The predicted molar refractivity (Wildman–Crippen MR) is 125 cm³/mol. The molecule has 0 radical (unpaired) electrons.